The maximum Gasteiger partial charge on any atom is 0.573 e. The van der Waals surface area contributed by atoms with Gasteiger partial charge >= 0.3 is 12.4 Å². The van der Waals surface area contributed by atoms with E-state index in [9.17, 15) is 28.2 Å². The first kappa shape index (κ1) is 42.1. The van der Waals surface area contributed by atoms with Gasteiger partial charge in [-0.2, -0.15) is 0 Å². The van der Waals surface area contributed by atoms with Crippen molar-refractivity contribution in [1.29, 1.82) is 0 Å². The van der Waals surface area contributed by atoms with Crippen molar-refractivity contribution >= 4 is 11.8 Å². The highest BCUT2D eigenvalue weighted by Gasteiger charge is 2.74. The highest BCUT2D eigenvalue weighted by molar-refractivity contribution is 6.10. The number of nitrogens with one attached hydrogen (secondary N) is 1. The van der Waals surface area contributed by atoms with Gasteiger partial charge in [-0.15, -0.1) is 13.2 Å². The summed E-state index contributed by atoms with van der Waals surface area (Å²) in [7, 11) is 0. The molecule has 0 saturated heterocycles. The molecule has 2 amide bonds. The number of hydrogen-bond acceptors (Lipinski definition) is 5. The van der Waals surface area contributed by atoms with Crippen molar-refractivity contribution in [3.63, 3.8) is 0 Å². The van der Waals surface area contributed by atoms with Gasteiger partial charge in [0.2, 0.25) is 0 Å². The average molecular weight is 845 g/mol. The highest BCUT2D eigenvalue weighted by Crippen LogP contribution is 2.78. The van der Waals surface area contributed by atoms with Crippen LogP contribution in [0.5, 0.6) is 5.75 Å². The van der Waals surface area contributed by atoms with Gasteiger partial charge in [-0.3, -0.25) is 4.79 Å². The van der Waals surface area contributed by atoms with E-state index in [0.29, 0.717) is 43.2 Å². The second-order valence-corrected chi connectivity index (χ2v) is 19.2. The van der Waals surface area contributed by atoms with E-state index < -0.39 is 40.3 Å². The van der Waals surface area contributed by atoms with E-state index in [0.717, 1.165) is 35.1 Å². The number of urea groups is 1. The SMILES string of the molecule is CC(NC(=O)N(Cc1ccc(OC(F)(F)F)cc1)CC1(O)CCC2C34C=CC5(C=C3C(=O)c3ccc(-c6ccccc6)cc3)CC(O)CCC5(C)C4CCC21C)c1ccccc1. The Hall–Kier alpha value is -5.19. The van der Waals surface area contributed by atoms with Crippen LogP contribution in [0.3, 0.4) is 0 Å². The minimum Gasteiger partial charge on any atom is -0.406 e. The van der Waals surface area contributed by atoms with Crippen LogP contribution in [-0.4, -0.2) is 51.5 Å². The third kappa shape index (κ3) is 6.89. The number of Topliss-reactive ketones (excluding diaryl/α,β-unsaturated/α-hetero) is 1. The Bertz CT molecular complexity index is 2390. The van der Waals surface area contributed by atoms with Gasteiger partial charge < -0.3 is 25.2 Å². The Kier molecular flexibility index (Phi) is 10.4. The van der Waals surface area contributed by atoms with Crippen LogP contribution in [0, 0.1) is 33.5 Å². The molecular formula is C52H55F3N2O5. The van der Waals surface area contributed by atoms with Crippen LogP contribution < -0.4 is 10.1 Å². The maximum atomic E-state index is 15.2. The summed E-state index contributed by atoms with van der Waals surface area (Å²) >= 11 is 0. The molecule has 3 fully saturated rings. The Labute approximate surface area is 361 Å². The van der Waals surface area contributed by atoms with Crippen LogP contribution in [0.1, 0.15) is 93.2 Å². The summed E-state index contributed by atoms with van der Waals surface area (Å²) in [5.41, 5.74) is 1.39. The number of aliphatic hydroxyl groups excluding tert-OH is 1. The number of fused-ring (bicyclic) bond motifs is 1. The number of ether oxygens (including phenoxy) is 1. The molecule has 6 aliphatic rings. The molecule has 10 rings (SSSR count). The topological polar surface area (TPSA) is 99.1 Å². The molecule has 4 aromatic rings. The Morgan fingerprint density at radius 1 is 0.806 bits per heavy atom. The molecule has 4 aromatic carbocycles. The van der Waals surface area contributed by atoms with Gasteiger partial charge in [0.05, 0.1) is 24.3 Å². The van der Waals surface area contributed by atoms with Gasteiger partial charge in [0.15, 0.2) is 5.78 Å². The number of rotatable bonds is 10. The Balaban J connectivity index is 1.07. The van der Waals surface area contributed by atoms with E-state index in [1.807, 2.05) is 91.9 Å². The van der Waals surface area contributed by atoms with Crippen LogP contribution in [0.2, 0.25) is 0 Å². The van der Waals surface area contributed by atoms with E-state index in [2.05, 4.69) is 42.1 Å². The summed E-state index contributed by atoms with van der Waals surface area (Å²) in [5.74, 6) is -0.458. The fourth-order valence-corrected chi connectivity index (χ4v) is 12.8. The van der Waals surface area contributed by atoms with Gasteiger partial charge in [-0.1, -0.05) is 129 Å². The third-order valence-electron chi connectivity index (χ3n) is 16.1. The third-order valence-corrected chi connectivity index (χ3v) is 16.1. The molecule has 324 valence electrons. The van der Waals surface area contributed by atoms with E-state index in [1.165, 1.54) is 24.3 Å². The number of halogens is 3. The summed E-state index contributed by atoms with van der Waals surface area (Å²) in [6.07, 6.45) is 5.96. The number of nitrogens with zero attached hydrogens (tertiary/aromatic N) is 1. The van der Waals surface area contributed by atoms with Crippen molar-refractivity contribution in [2.75, 3.05) is 6.54 Å². The first-order chi connectivity index (χ1) is 29.5. The van der Waals surface area contributed by atoms with Crippen molar-refractivity contribution in [2.45, 2.75) is 96.4 Å². The minimum absolute atomic E-state index is 0.0278. The quantitative estimate of drug-likeness (QED) is 0.109. The van der Waals surface area contributed by atoms with Crippen LogP contribution in [0.15, 0.2) is 133 Å². The minimum atomic E-state index is -4.84. The molecule has 9 atom stereocenters. The summed E-state index contributed by atoms with van der Waals surface area (Å²) < 4.78 is 43.2. The lowest BCUT2D eigenvalue weighted by atomic mass is 9.32. The van der Waals surface area contributed by atoms with Crippen molar-refractivity contribution in [2.24, 2.45) is 33.5 Å². The van der Waals surface area contributed by atoms with Crippen molar-refractivity contribution in [1.82, 2.24) is 10.2 Å². The first-order valence-corrected chi connectivity index (χ1v) is 22.0. The number of amides is 2. The normalized spacial score (nSPS) is 32.5. The number of ketones is 1. The lowest BCUT2D eigenvalue weighted by Gasteiger charge is -2.71. The smallest absolute Gasteiger partial charge is 0.406 e. The van der Waals surface area contributed by atoms with Gasteiger partial charge in [0.1, 0.15) is 5.75 Å². The molecule has 62 heavy (non-hydrogen) atoms. The molecule has 2 bridgehead atoms. The Morgan fingerprint density at radius 3 is 2.10 bits per heavy atom. The second kappa shape index (κ2) is 15.3. The zero-order valence-electron chi connectivity index (χ0n) is 35.5. The number of alkyl halides is 3. The number of carbonyl (C=O) groups is 2. The lowest BCUT2D eigenvalue weighted by Crippen LogP contribution is -2.67. The summed E-state index contributed by atoms with van der Waals surface area (Å²) in [4.78, 5) is 31.2. The predicted molar refractivity (Wildman–Crippen MR) is 232 cm³/mol. The number of aliphatic hydroxyl groups is 2. The zero-order valence-corrected chi connectivity index (χ0v) is 35.5. The molecule has 0 heterocycles. The van der Waals surface area contributed by atoms with E-state index in [4.69, 9.17) is 0 Å². The maximum absolute atomic E-state index is 15.2. The average Bonchev–Trinajstić information content (AvgIpc) is 3.53. The molecule has 2 spiro atoms. The van der Waals surface area contributed by atoms with E-state index in [1.54, 1.807) is 4.90 Å². The van der Waals surface area contributed by atoms with Gasteiger partial charge in [-0.25, -0.2) is 4.79 Å². The van der Waals surface area contributed by atoms with Crippen LogP contribution in [0.25, 0.3) is 11.1 Å². The second-order valence-electron chi connectivity index (χ2n) is 19.2. The van der Waals surface area contributed by atoms with Gasteiger partial charge in [0.25, 0.3) is 0 Å². The number of carbonyl (C=O) groups excluding carboxylic acids is 2. The summed E-state index contributed by atoms with van der Waals surface area (Å²) in [6.45, 7) is 6.38. The highest BCUT2D eigenvalue weighted by atomic mass is 19.4. The molecule has 10 heteroatoms. The van der Waals surface area contributed by atoms with Crippen molar-refractivity contribution < 1.29 is 37.7 Å². The molecule has 3 saturated carbocycles. The van der Waals surface area contributed by atoms with Crippen molar-refractivity contribution in [3.8, 4) is 16.9 Å². The first-order valence-electron chi connectivity index (χ1n) is 22.0. The van der Waals surface area contributed by atoms with Gasteiger partial charge in [0, 0.05) is 33.9 Å². The summed E-state index contributed by atoms with van der Waals surface area (Å²) in [5, 5.41) is 27.5. The number of hydrogen-bond donors (Lipinski definition) is 3. The molecule has 0 aromatic heterocycles. The monoisotopic (exact) mass is 844 g/mol. The molecule has 7 nitrogen and oxygen atoms in total. The molecular weight excluding hydrogens is 790 g/mol. The fourth-order valence-electron chi connectivity index (χ4n) is 12.8. The molecule has 9 unspecified atom stereocenters. The Morgan fingerprint density at radius 2 is 1.42 bits per heavy atom. The lowest BCUT2D eigenvalue weighted by molar-refractivity contribution is -0.274. The number of benzene rings is 4. The summed E-state index contributed by atoms with van der Waals surface area (Å²) in [6, 6.07) is 32.1. The predicted octanol–water partition coefficient (Wildman–Crippen LogP) is 11.0. The molecule has 0 aliphatic heterocycles. The van der Waals surface area contributed by atoms with E-state index in [-0.39, 0.29) is 47.9 Å². The number of allylic oxidation sites excluding steroid dienone is 4. The van der Waals surface area contributed by atoms with Crippen LogP contribution in [-0.2, 0) is 6.54 Å². The zero-order chi connectivity index (χ0) is 43.7. The largest absolute Gasteiger partial charge is 0.573 e. The van der Waals surface area contributed by atoms with Crippen molar-refractivity contribution in [3.05, 3.63) is 150 Å². The van der Waals surface area contributed by atoms with E-state index >= 15 is 4.79 Å². The van der Waals surface area contributed by atoms with Crippen LogP contribution >= 0.6 is 0 Å². The standard InChI is InChI=1S/C52H55F3N2O5/c1-34(36-10-6-4-7-11-36)56-46(60)57(32-35-14-20-41(21-15-35)62-52(53,54)55)33-50(61)27-24-44-48(50,3)26-23-43-47(2)25-22-40(58)30-49(47)28-29-51(43,44)42(31-49)45(59)39-18-16-38(17-19-39)37-12-8-5-9-13-37/h4-21,28-29,31,34,40,43-44,58,61H,22-27,30,32-33H2,1-3H3,(H,56,60). The molecule has 3 N–H and O–H groups in total. The molecule has 0 radical (unpaired) electrons. The van der Waals surface area contributed by atoms with Crippen LogP contribution in [0.4, 0.5) is 18.0 Å². The molecule has 6 aliphatic carbocycles. The van der Waals surface area contributed by atoms with Gasteiger partial charge in [-0.05, 0) is 104 Å². The fraction of sp³-hybridized carbons (Fsp3) is 0.423.